The number of esters is 1. The van der Waals surface area contributed by atoms with Gasteiger partial charge in [-0.05, 0) is 42.0 Å². The van der Waals surface area contributed by atoms with Crippen molar-refractivity contribution in [3.8, 4) is 5.75 Å². The van der Waals surface area contributed by atoms with Crippen molar-refractivity contribution < 1.29 is 28.8 Å². The molecule has 4 atom stereocenters. The zero-order valence-electron chi connectivity index (χ0n) is 23.0. The summed E-state index contributed by atoms with van der Waals surface area (Å²) in [6, 6.07) is 25.8. The van der Waals surface area contributed by atoms with Gasteiger partial charge in [-0.25, -0.2) is 9.69 Å². The maximum Gasteiger partial charge on any atom is 0.335 e. The summed E-state index contributed by atoms with van der Waals surface area (Å²) in [7, 11) is 0. The average Bonchev–Trinajstić information content (AvgIpc) is 3.53. The summed E-state index contributed by atoms with van der Waals surface area (Å²) in [5.74, 6) is -3.95. The molecule has 2 fully saturated rings. The highest BCUT2D eigenvalue weighted by Gasteiger charge is 2.65. The molecule has 3 heterocycles. The first-order valence-corrected chi connectivity index (χ1v) is 13.9. The first-order chi connectivity index (χ1) is 21.3. The molecule has 4 aromatic rings. The Bertz CT molecular complexity index is 1890. The Kier molecular flexibility index (Phi) is 6.39. The third kappa shape index (κ3) is 4.27. The summed E-state index contributed by atoms with van der Waals surface area (Å²) in [5.41, 5.74) is 2.24. The lowest BCUT2D eigenvalue weighted by molar-refractivity contribution is -0.384. The molecule has 0 unspecified atom stereocenters. The molecule has 0 bridgehead atoms. The van der Waals surface area contributed by atoms with Crippen LogP contribution in [0, 0.1) is 22.0 Å². The number of amides is 2. The molecule has 0 radical (unpaired) electrons. The fourth-order valence-corrected chi connectivity index (χ4v) is 6.39. The van der Waals surface area contributed by atoms with Crippen molar-refractivity contribution >= 4 is 46.7 Å². The fraction of sp³-hybridized carbons (Fsp3) is 0.118. The number of para-hydroxylation sites is 1. The minimum atomic E-state index is -1.16. The van der Waals surface area contributed by atoms with Crippen LogP contribution in [0.3, 0.4) is 0 Å². The van der Waals surface area contributed by atoms with Gasteiger partial charge in [0.25, 0.3) is 5.69 Å². The maximum absolute atomic E-state index is 14.0. The molecule has 0 aliphatic carbocycles. The molecule has 2 amide bonds. The van der Waals surface area contributed by atoms with Gasteiger partial charge < -0.3 is 9.64 Å². The topological polar surface area (TPSA) is 127 Å². The van der Waals surface area contributed by atoms with Gasteiger partial charge in [0.05, 0.1) is 28.5 Å². The van der Waals surface area contributed by atoms with Crippen LogP contribution in [-0.2, 0) is 14.4 Å². The number of hydrogen-bond donors (Lipinski definition) is 0. The summed E-state index contributed by atoms with van der Waals surface area (Å²) < 4.78 is 5.80. The van der Waals surface area contributed by atoms with Gasteiger partial charge in [-0.15, -0.1) is 0 Å². The van der Waals surface area contributed by atoms with Crippen molar-refractivity contribution in [2.24, 2.45) is 11.8 Å². The second-order valence-electron chi connectivity index (χ2n) is 10.7. The van der Waals surface area contributed by atoms with Crippen LogP contribution in [-0.4, -0.2) is 40.6 Å². The summed E-state index contributed by atoms with van der Waals surface area (Å²) in [6.45, 7) is 0. The lowest BCUT2D eigenvalue weighted by atomic mass is 9.89. The number of anilines is 2. The van der Waals surface area contributed by atoms with Crippen molar-refractivity contribution in [2.75, 3.05) is 9.80 Å². The van der Waals surface area contributed by atoms with E-state index in [1.165, 1.54) is 36.4 Å². The maximum atomic E-state index is 14.0. The van der Waals surface area contributed by atoms with Gasteiger partial charge in [-0.1, -0.05) is 66.7 Å². The standard InChI is InChI=1S/C34H23N3O7/c38-31(21-8-2-1-3-9-21)22-13-16-25(17-14-22)44-34(41)30-29-28(27-18-15-20-7-4-5-12-26(20)36(27)30)32(39)35(33(29)40)23-10-6-11-24(19-23)37(42)43/h1-19,27-30H/t27-,28+,29+,30-/m0/s1. The van der Waals surface area contributed by atoms with E-state index in [1.807, 2.05) is 36.4 Å². The highest BCUT2D eigenvalue weighted by molar-refractivity contribution is 6.24. The van der Waals surface area contributed by atoms with Gasteiger partial charge in [0.1, 0.15) is 11.8 Å². The highest BCUT2D eigenvalue weighted by atomic mass is 16.6. The van der Waals surface area contributed by atoms with E-state index in [-0.39, 0.29) is 22.9 Å². The SMILES string of the molecule is O=C(c1ccccc1)c1ccc(OC(=O)[C@@H]2[C@@H]3C(=O)N(c4cccc([N+](=O)[O-])c4)C(=O)[C@@H]3[C@@H]3C=Cc4ccccc4N23)cc1. The summed E-state index contributed by atoms with van der Waals surface area (Å²) >= 11 is 0. The van der Waals surface area contributed by atoms with E-state index in [4.69, 9.17) is 4.74 Å². The van der Waals surface area contributed by atoms with Crippen LogP contribution >= 0.6 is 0 Å². The van der Waals surface area contributed by atoms with Gasteiger partial charge in [-0.3, -0.25) is 24.5 Å². The van der Waals surface area contributed by atoms with E-state index in [2.05, 4.69) is 0 Å². The van der Waals surface area contributed by atoms with Crippen LogP contribution in [0.25, 0.3) is 6.08 Å². The second-order valence-corrected chi connectivity index (χ2v) is 10.7. The fourth-order valence-electron chi connectivity index (χ4n) is 6.39. The van der Waals surface area contributed by atoms with Crippen LogP contribution in [0.4, 0.5) is 17.1 Å². The molecule has 3 aliphatic heterocycles. The lowest BCUT2D eigenvalue weighted by Crippen LogP contribution is -2.50. The third-order valence-corrected chi connectivity index (χ3v) is 8.33. The van der Waals surface area contributed by atoms with E-state index in [0.29, 0.717) is 16.8 Å². The van der Waals surface area contributed by atoms with Crippen molar-refractivity contribution in [3.63, 3.8) is 0 Å². The molecule has 0 aromatic heterocycles. The molecule has 44 heavy (non-hydrogen) atoms. The number of nitro groups is 1. The van der Waals surface area contributed by atoms with Gasteiger partial charge in [0.15, 0.2) is 5.78 Å². The predicted molar refractivity (Wildman–Crippen MR) is 160 cm³/mol. The Balaban J connectivity index is 1.23. The number of benzene rings is 4. The number of nitrogens with zero attached hydrogens (tertiary/aromatic N) is 3. The van der Waals surface area contributed by atoms with Crippen LogP contribution in [0.2, 0.25) is 0 Å². The van der Waals surface area contributed by atoms with E-state index in [0.717, 1.165) is 10.5 Å². The van der Waals surface area contributed by atoms with Crippen molar-refractivity contribution in [1.29, 1.82) is 0 Å². The smallest absolute Gasteiger partial charge is 0.335 e. The number of carbonyl (C=O) groups excluding carboxylic acids is 4. The third-order valence-electron chi connectivity index (χ3n) is 8.33. The Morgan fingerprint density at radius 1 is 0.773 bits per heavy atom. The van der Waals surface area contributed by atoms with Crippen LogP contribution in [0.15, 0.2) is 109 Å². The minimum absolute atomic E-state index is 0.0705. The van der Waals surface area contributed by atoms with Crippen molar-refractivity contribution in [3.05, 3.63) is 136 Å². The van der Waals surface area contributed by atoms with E-state index < -0.39 is 46.6 Å². The largest absolute Gasteiger partial charge is 0.425 e. The van der Waals surface area contributed by atoms with Crippen molar-refractivity contribution in [2.45, 2.75) is 12.1 Å². The van der Waals surface area contributed by atoms with E-state index >= 15 is 0 Å². The monoisotopic (exact) mass is 585 g/mol. The number of non-ortho nitro benzene ring substituents is 1. The quantitative estimate of drug-likeness (QED) is 0.0787. The second kappa shape index (κ2) is 10.4. The van der Waals surface area contributed by atoms with Crippen LogP contribution in [0.1, 0.15) is 21.5 Å². The molecule has 216 valence electrons. The molecule has 0 N–H and O–H groups in total. The molecule has 0 saturated carbocycles. The number of imide groups is 1. The molecule has 10 heteroatoms. The number of nitro benzene ring substituents is 1. The Labute approximate surface area is 250 Å². The Morgan fingerprint density at radius 2 is 1.45 bits per heavy atom. The number of carbonyl (C=O) groups is 4. The van der Waals surface area contributed by atoms with E-state index in [1.54, 1.807) is 47.4 Å². The number of rotatable bonds is 6. The number of hydrogen-bond acceptors (Lipinski definition) is 8. The number of ketones is 1. The Morgan fingerprint density at radius 3 is 2.20 bits per heavy atom. The van der Waals surface area contributed by atoms with E-state index in [9.17, 15) is 29.3 Å². The summed E-state index contributed by atoms with van der Waals surface area (Å²) in [4.78, 5) is 68.2. The molecular weight excluding hydrogens is 562 g/mol. The molecule has 0 spiro atoms. The molecule has 10 nitrogen and oxygen atoms in total. The summed E-state index contributed by atoms with van der Waals surface area (Å²) in [6.07, 6.45) is 3.66. The van der Waals surface area contributed by atoms with Gasteiger partial charge in [-0.2, -0.15) is 0 Å². The van der Waals surface area contributed by atoms with Crippen LogP contribution in [0.5, 0.6) is 5.75 Å². The Hall–Kier alpha value is -5.90. The minimum Gasteiger partial charge on any atom is -0.425 e. The summed E-state index contributed by atoms with van der Waals surface area (Å²) in [5, 5.41) is 11.4. The van der Waals surface area contributed by atoms with Gasteiger partial charge in [0.2, 0.25) is 11.8 Å². The van der Waals surface area contributed by atoms with Gasteiger partial charge in [0, 0.05) is 28.9 Å². The van der Waals surface area contributed by atoms with Crippen molar-refractivity contribution in [1.82, 2.24) is 0 Å². The highest BCUT2D eigenvalue weighted by Crippen LogP contribution is 2.49. The zero-order valence-corrected chi connectivity index (χ0v) is 23.0. The molecule has 7 rings (SSSR count). The predicted octanol–water partition coefficient (Wildman–Crippen LogP) is 4.82. The molecule has 2 saturated heterocycles. The lowest BCUT2D eigenvalue weighted by Gasteiger charge is -2.36. The average molecular weight is 586 g/mol. The normalized spacial score (nSPS) is 21.5. The molecule has 3 aliphatic rings. The number of ether oxygens (including phenoxy) is 1. The zero-order chi connectivity index (χ0) is 30.5. The molecular formula is C34H23N3O7. The first kappa shape index (κ1) is 27.0. The van der Waals surface area contributed by atoms with Crippen LogP contribution < -0.4 is 14.5 Å². The molecule has 4 aromatic carbocycles. The van der Waals surface area contributed by atoms with Gasteiger partial charge >= 0.3 is 5.97 Å². The number of fused-ring (bicyclic) bond motifs is 5. The first-order valence-electron chi connectivity index (χ1n) is 13.9.